The average Bonchev–Trinajstić information content (AvgIpc) is 3.53. The highest BCUT2D eigenvalue weighted by Gasteiger charge is 2.23. The van der Waals surface area contributed by atoms with E-state index in [9.17, 15) is 8.42 Å². The molecule has 0 bridgehead atoms. The number of aromatic nitrogens is 4. The maximum absolute atomic E-state index is 15.1. The molecular formula is C25H21FN6O2S2. The van der Waals surface area contributed by atoms with Crippen LogP contribution in [0.3, 0.4) is 0 Å². The van der Waals surface area contributed by atoms with Crippen molar-refractivity contribution in [3.8, 4) is 11.1 Å². The van der Waals surface area contributed by atoms with Crippen LogP contribution < -0.4 is 10.0 Å². The van der Waals surface area contributed by atoms with Gasteiger partial charge in [-0.15, -0.1) is 0 Å². The Bertz CT molecular complexity index is 1680. The molecule has 0 saturated heterocycles. The van der Waals surface area contributed by atoms with Gasteiger partial charge < -0.3 is 5.32 Å². The van der Waals surface area contributed by atoms with Crippen LogP contribution in [0.15, 0.2) is 72.0 Å². The van der Waals surface area contributed by atoms with Gasteiger partial charge in [-0.3, -0.25) is 9.40 Å². The van der Waals surface area contributed by atoms with Gasteiger partial charge in [-0.05, 0) is 46.8 Å². The lowest BCUT2D eigenvalue weighted by Crippen LogP contribution is -2.24. The molecule has 2 N–H and O–H groups in total. The van der Waals surface area contributed by atoms with Crippen molar-refractivity contribution in [3.63, 3.8) is 0 Å². The third-order valence-corrected chi connectivity index (χ3v) is 8.40. The molecule has 2 aromatic heterocycles. The van der Waals surface area contributed by atoms with Crippen LogP contribution in [0.4, 0.5) is 9.52 Å². The van der Waals surface area contributed by atoms with Crippen LogP contribution in [-0.2, 0) is 29.5 Å². The fourth-order valence-corrected chi connectivity index (χ4v) is 6.42. The number of nitrogens with zero attached hydrogens (tertiary/aromatic N) is 4. The van der Waals surface area contributed by atoms with Gasteiger partial charge in [-0.2, -0.15) is 9.47 Å². The van der Waals surface area contributed by atoms with E-state index in [1.165, 1.54) is 35.2 Å². The fraction of sp³-hybridized carbons (Fsp3) is 0.160. The van der Waals surface area contributed by atoms with Crippen LogP contribution in [0.5, 0.6) is 0 Å². The van der Waals surface area contributed by atoms with Crippen molar-refractivity contribution in [2.75, 3.05) is 11.3 Å². The average molecular weight is 521 g/mol. The molecule has 0 spiro atoms. The molecule has 8 nitrogen and oxygen atoms in total. The Morgan fingerprint density at radius 2 is 1.97 bits per heavy atom. The molecule has 0 aliphatic carbocycles. The number of hydrogen-bond donors (Lipinski definition) is 2. The number of nitrogens with one attached hydrogen (secondary N) is 2. The van der Waals surface area contributed by atoms with Crippen molar-refractivity contribution in [1.29, 1.82) is 0 Å². The molecular weight excluding hydrogens is 499 g/mol. The molecule has 0 fully saturated rings. The van der Waals surface area contributed by atoms with E-state index in [1.807, 2.05) is 18.2 Å². The lowest BCUT2D eigenvalue weighted by Gasteiger charge is -2.22. The maximum atomic E-state index is 15.1. The Morgan fingerprint density at radius 1 is 1.11 bits per heavy atom. The first-order chi connectivity index (χ1) is 17.5. The Hall–Kier alpha value is -3.67. The summed E-state index contributed by atoms with van der Waals surface area (Å²) >= 11 is 0.873. The second-order valence-corrected chi connectivity index (χ2v) is 11.0. The summed E-state index contributed by atoms with van der Waals surface area (Å²) in [7, 11) is -4.17. The number of rotatable bonds is 6. The Labute approximate surface area is 211 Å². The predicted molar refractivity (Wildman–Crippen MR) is 137 cm³/mol. The summed E-state index contributed by atoms with van der Waals surface area (Å²) in [5, 5.41) is 8.47. The Kier molecular flexibility index (Phi) is 5.75. The van der Waals surface area contributed by atoms with Crippen LogP contribution in [0.1, 0.15) is 16.7 Å². The Morgan fingerprint density at radius 3 is 2.83 bits per heavy atom. The number of fused-ring (bicyclic) bond motifs is 2. The van der Waals surface area contributed by atoms with Crippen LogP contribution in [0, 0.1) is 5.82 Å². The minimum absolute atomic E-state index is 0.0701. The van der Waals surface area contributed by atoms with Crippen LogP contribution >= 0.6 is 11.5 Å². The first kappa shape index (κ1) is 22.8. The topological polar surface area (TPSA) is 102 Å². The summed E-state index contributed by atoms with van der Waals surface area (Å²) in [4.78, 5) is 3.34. The molecule has 6 rings (SSSR count). The van der Waals surface area contributed by atoms with Gasteiger partial charge in [0.1, 0.15) is 17.0 Å². The Balaban J connectivity index is 1.37. The van der Waals surface area contributed by atoms with Crippen molar-refractivity contribution in [2.24, 2.45) is 0 Å². The van der Waals surface area contributed by atoms with Crippen molar-refractivity contribution in [1.82, 2.24) is 24.5 Å². The van der Waals surface area contributed by atoms with E-state index < -0.39 is 20.7 Å². The minimum Gasteiger partial charge on any atom is -0.312 e. The van der Waals surface area contributed by atoms with Gasteiger partial charge >= 0.3 is 0 Å². The molecule has 182 valence electrons. The molecule has 11 heteroatoms. The second-order valence-electron chi connectivity index (χ2n) is 8.52. The molecule has 3 aromatic carbocycles. The van der Waals surface area contributed by atoms with Crippen molar-refractivity contribution in [3.05, 3.63) is 89.6 Å². The second kappa shape index (κ2) is 9.08. The van der Waals surface area contributed by atoms with Gasteiger partial charge in [-0.25, -0.2) is 17.8 Å². The molecule has 1 aliphatic rings. The zero-order chi connectivity index (χ0) is 24.7. The number of anilines is 1. The molecule has 0 atom stereocenters. The fourth-order valence-electron chi connectivity index (χ4n) is 4.67. The van der Waals surface area contributed by atoms with Gasteiger partial charge in [0.05, 0.1) is 18.3 Å². The summed E-state index contributed by atoms with van der Waals surface area (Å²) < 4.78 is 48.3. The summed E-state index contributed by atoms with van der Waals surface area (Å²) in [5.41, 5.74) is 6.51. The van der Waals surface area contributed by atoms with E-state index >= 15 is 4.39 Å². The monoisotopic (exact) mass is 520 g/mol. The zero-order valence-electron chi connectivity index (χ0n) is 19.0. The summed E-state index contributed by atoms with van der Waals surface area (Å²) in [6.07, 6.45) is 3.74. The van der Waals surface area contributed by atoms with E-state index in [-0.39, 0.29) is 5.13 Å². The zero-order valence-corrected chi connectivity index (χ0v) is 20.6. The molecule has 0 radical (unpaired) electrons. The van der Waals surface area contributed by atoms with Gasteiger partial charge in [0.25, 0.3) is 10.0 Å². The van der Waals surface area contributed by atoms with E-state index in [0.717, 1.165) is 42.2 Å². The standard InChI is InChI=1S/C25H21FN6O2S2/c26-22-11-23-18(10-24(22)36(33,34)31-25-28-15-30-35-25)13-29-32(23)14-17-4-1-2-6-19(17)21-7-3-5-16-12-27-9-8-20(16)21/h1-7,10-11,13,15,27H,8-9,12,14H2,(H,28,30,31). The number of sulfonamides is 1. The SMILES string of the molecule is O=S(=O)(Nc1ncns1)c1cc2cnn(Cc3ccccc3-c3cccc4c3CCNC4)c2cc1F. The highest BCUT2D eigenvalue weighted by molar-refractivity contribution is 7.93. The van der Waals surface area contributed by atoms with Gasteiger partial charge in [0.15, 0.2) is 0 Å². The normalized spacial score (nSPS) is 13.6. The van der Waals surface area contributed by atoms with Gasteiger partial charge in [-0.1, -0.05) is 42.5 Å². The van der Waals surface area contributed by atoms with E-state index in [0.29, 0.717) is 17.4 Å². The molecule has 1 aliphatic heterocycles. The summed E-state index contributed by atoms with van der Waals surface area (Å²) in [5.74, 6) is -0.862. The van der Waals surface area contributed by atoms with E-state index in [2.05, 4.69) is 48.8 Å². The van der Waals surface area contributed by atoms with E-state index in [1.54, 1.807) is 10.9 Å². The van der Waals surface area contributed by atoms with E-state index in [4.69, 9.17) is 0 Å². The predicted octanol–water partition coefficient (Wildman–Crippen LogP) is 4.19. The quantitative estimate of drug-likeness (QED) is 0.348. The molecule has 0 saturated carbocycles. The number of halogens is 1. The maximum Gasteiger partial charge on any atom is 0.266 e. The van der Waals surface area contributed by atoms with Crippen LogP contribution in [-0.4, -0.2) is 34.1 Å². The molecule has 3 heterocycles. The number of hydrogen-bond acceptors (Lipinski definition) is 7. The first-order valence-corrected chi connectivity index (χ1v) is 13.6. The summed E-state index contributed by atoms with van der Waals surface area (Å²) in [6.45, 7) is 2.21. The summed E-state index contributed by atoms with van der Waals surface area (Å²) in [6, 6.07) is 17.0. The van der Waals surface area contributed by atoms with Crippen molar-refractivity contribution < 1.29 is 12.8 Å². The molecule has 36 heavy (non-hydrogen) atoms. The van der Waals surface area contributed by atoms with Gasteiger partial charge in [0, 0.05) is 29.5 Å². The molecule has 0 unspecified atom stereocenters. The lowest BCUT2D eigenvalue weighted by molar-refractivity contribution is 0.571. The van der Waals surface area contributed by atoms with Crippen molar-refractivity contribution >= 4 is 37.6 Å². The minimum atomic E-state index is -4.17. The van der Waals surface area contributed by atoms with Crippen LogP contribution in [0.2, 0.25) is 0 Å². The number of benzene rings is 3. The first-order valence-electron chi connectivity index (χ1n) is 11.3. The highest BCUT2D eigenvalue weighted by atomic mass is 32.2. The third kappa shape index (κ3) is 4.15. The highest BCUT2D eigenvalue weighted by Crippen LogP contribution is 2.32. The lowest BCUT2D eigenvalue weighted by atomic mass is 9.89. The van der Waals surface area contributed by atoms with Crippen LogP contribution in [0.25, 0.3) is 22.0 Å². The van der Waals surface area contributed by atoms with Gasteiger partial charge in [0.2, 0.25) is 5.13 Å². The smallest absolute Gasteiger partial charge is 0.266 e. The molecule has 5 aromatic rings. The van der Waals surface area contributed by atoms with Crippen molar-refractivity contribution in [2.45, 2.75) is 24.4 Å². The largest absolute Gasteiger partial charge is 0.312 e. The molecule has 0 amide bonds. The third-order valence-electron chi connectivity index (χ3n) is 6.34.